The van der Waals surface area contributed by atoms with Crippen LogP contribution in [0.4, 0.5) is 0 Å². The number of nitrogens with zero attached hydrogens (tertiary/aromatic N) is 3. The van der Waals surface area contributed by atoms with Gasteiger partial charge in [-0.2, -0.15) is 5.10 Å². The lowest BCUT2D eigenvalue weighted by Crippen LogP contribution is -2.36. The van der Waals surface area contributed by atoms with Crippen LogP contribution in [0.2, 0.25) is 0 Å². The number of aromatic amines is 1. The molecule has 9 heteroatoms. The van der Waals surface area contributed by atoms with Gasteiger partial charge in [0.2, 0.25) is 5.91 Å². The van der Waals surface area contributed by atoms with Gasteiger partial charge in [-0.25, -0.2) is 4.52 Å². The first-order valence-corrected chi connectivity index (χ1v) is 11.7. The molecule has 1 saturated heterocycles. The first kappa shape index (κ1) is 23.2. The van der Waals surface area contributed by atoms with Gasteiger partial charge in [0.05, 0.1) is 19.0 Å². The minimum atomic E-state index is -0.573. The fourth-order valence-corrected chi connectivity index (χ4v) is 4.68. The quantitative estimate of drug-likeness (QED) is 0.382. The molecule has 0 bridgehead atoms. The van der Waals surface area contributed by atoms with Gasteiger partial charge in [0.1, 0.15) is 22.9 Å². The van der Waals surface area contributed by atoms with Gasteiger partial charge in [-0.05, 0) is 73.4 Å². The molecular formula is C27H27N5O4. The Balaban J connectivity index is 1.41. The summed E-state index contributed by atoms with van der Waals surface area (Å²) in [7, 11) is 1.62. The molecule has 0 atom stereocenters. The van der Waals surface area contributed by atoms with Crippen molar-refractivity contribution in [3.63, 3.8) is 0 Å². The van der Waals surface area contributed by atoms with Gasteiger partial charge in [0, 0.05) is 24.2 Å². The molecule has 9 nitrogen and oxygen atoms in total. The lowest BCUT2D eigenvalue weighted by molar-refractivity contribution is -0.127. The number of rotatable bonds is 7. The molecule has 0 saturated carbocycles. The number of hydrogen-bond acceptors (Lipinski definition) is 5. The van der Waals surface area contributed by atoms with Crippen molar-refractivity contribution in [2.45, 2.75) is 18.8 Å². The van der Waals surface area contributed by atoms with Crippen molar-refractivity contribution in [1.82, 2.24) is 19.5 Å². The molecule has 0 unspecified atom stereocenters. The molecule has 2 aromatic carbocycles. The van der Waals surface area contributed by atoms with Gasteiger partial charge in [0.15, 0.2) is 5.69 Å². The highest BCUT2D eigenvalue weighted by atomic mass is 16.5. The van der Waals surface area contributed by atoms with E-state index in [1.807, 2.05) is 48.5 Å². The number of piperidine rings is 1. The van der Waals surface area contributed by atoms with E-state index >= 15 is 0 Å². The van der Waals surface area contributed by atoms with Crippen LogP contribution in [0.25, 0.3) is 16.9 Å². The summed E-state index contributed by atoms with van der Waals surface area (Å²) in [4.78, 5) is 29.5. The molecule has 2 amide bonds. The number of fused-ring (bicyclic) bond motifs is 1. The number of aromatic nitrogens is 3. The number of carbonyl (C=O) groups is 2. The SMILES string of the molecule is C=CC(=O)N1CCC(c2cnn3c(C(N)=O)c(-c4ccc(Oc5ccc(OC)cc5)cc4)[nH]c23)CC1. The van der Waals surface area contributed by atoms with Crippen molar-refractivity contribution in [3.8, 4) is 28.5 Å². The Labute approximate surface area is 208 Å². The van der Waals surface area contributed by atoms with Crippen molar-refractivity contribution >= 4 is 17.5 Å². The Morgan fingerprint density at radius 1 is 1.06 bits per heavy atom. The number of likely N-dealkylation sites (tertiary alicyclic amines) is 1. The summed E-state index contributed by atoms with van der Waals surface area (Å²) in [6, 6.07) is 14.7. The standard InChI is InChI=1S/C27H27N5O4/c1-3-23(33)31-14-12-17(13-15-31)22-16-29-32-25(26(28)34)24(30-27(22)32)18-4-6-20(7-5-18)36-21-10-8-19(35-2)9-11-21/h3-11,16-17,30H,1,12-15H2,2H3,(H2,28,34). The van der Waals surface area contributed by atoms with Crippen LogP contribution in [0.15, 0.2) is 67.4 Å². The topological polar surface area (TPSA) is 115 Å². The van der Waals surface area contributed by atoms with Crippen LogP contribution >= 0.6 is 0 Å². The highest BCUT2D eigenvalue weighted by molar-refractivity contribution is 5.98. The van der Waals surface area contributed by atoms with Gasteiger partial charge in [0.25, 0.3) is 5.91 Å². The summed E-state index contributed by atoms with van der Waals surface area (Å²) < 4.78 is 12.7. The fraction of sp³-hybridized carbons (Fsp3) is 0.222. The predicted molar refractivity (Wildman–Crippen MR) is 135 cm³/mol. The molecule has 3 heterocycles. The zero-order valence-corrected chi connectivity index (χ0v) is 19.9. The van der Waals surface area contributed by atoms with Crippen LogP contribution in [0, 0.1) is 0 Å². The molecule has 0 aliphatic carbocycles. The van der Waals surface area contributed by atoms with Gasteiger partial charge < -0.3 is 25.1 Å². The van der Waals surface area contributed by atoms with Crippen LogP contribution in [0.5, 0.6) is 17.2 Å². The maximum absolute atomic E-state index is 12.4. The largest absolute Gasteiger partial charge is 0.497 e. The fourth-order valence-electron chi connectivity index (χ4n) is 4.68. The summed E-state index contributed by atoms with van der Waals surface area (Å²) in [6.07, 6.45) is 4.74. The van der Waals surface area contributed by atoms with E-state index in [1.165, 1.54) is 6.08 Å². The number of imidazole rings is 1. The van der Waals surface area contributed by atoms with E-state index < -0.39 is 5.91 Å². The Kier molecular flexibility index (Phi) is 6.20. The molecule has 1 aliphatic heterocycles. The molecule has 0 spiro atoms. The molecule has 184 valence electrons. The number of nitrogens with two attached hydrogens (primary N) is 1. The normalized spacial score (nSPS) is 14.1. The summed E-state index contributed by atoms with van der Waals surface area (Å²) in [5.74, 6) is 1.68. The van der Waals surface area contributed by atoms with Crippen LogP contribution < -0.4 is 15.2 Å². The van der Waals surface area contributed by atoms with E-state index in [0.717, 1.165) is 35.4 Å². The number of benzene rings is 2. The molecule has 1 aliphatic rings. The van der Waals surface area contributed by atoms with Crippen molar-refractivity contribution in [2.24, 2.45) is 5.73 Å². The zero-order chi connectivity index (χ0) is 25.2. The average molecular weight is 486 g/mol. The summed E-state index contributed by atoms with van der Waals surface area (Å²) in [5.41, 5.74) is 9.19. The van der Waals surface area contributed by atoms with Crippen LogP contribution in [0.1, 0.15) is 34.8 Å². The summed E-state index contributed by atoms with van der Waals surface area (Å²) in [6.45, 7) is 4.87. The van der Waals surface area contributed by atoms with Crippen LogP contribution in [0.3, 0.4) is 0 Å². The summed E-state index contributed by atoms with van der Waals surface area (Å²) >= 11 is 0. The Bertz CT molecular complexity index is 1410. The maximum atomic E-state index is 12.4. The smallest absolute Gasteiger partial charge is 0.269 e. The summed E-state index contributed by atoms with van der Waals surface area (Å²) in [5, 5.41) is 4.47. The minimum absolute atomic E-state index is 0.0498. The second-order valence-electron chi connectivity index (χ2n) is 8.68. The van der Waals surface area contributed by atoms with E-state index in [9.17, 15) is 9.59 Å². The lowest BCUT2D eigenvalue weighted by Gasteiger charge is -2.30. The van der Waals surface area contributed by atoms with E-state index in [-0.39, 0.29) is 11.8 Å². The highest BCUT2D eigenvalue weighted by Gasteiger charge is 2.28. The molecule has 0 radical (unpaired) electrons. The third-order valence-corrected chi connectivity index (χ3v) is 6.58. The number of H-pyrrole nitrogens is 1. The second kappa shape index (κ2) is 9.61. The van der Waals surface area contributed by atoms with Crippen LogP contribution in [-0.4, -0.2) is 51.5 Å². The number of primary amides is 1. The zero-order valence-electron chi connectivity index (χ0n) is 19.9. The van der Waals surface area contributed by atoms with Gasteiger partial charge in [-0.15, -0.1) is 0 Å². The Morgan fingerprint density at radius 3 is 2.25 bits per heavy atom. The lowest BCUT2D eigenvalue weighted by atomic mass is 9.91. The minimum Gasteiger partial charge on any atom is -0.497 e. The number of nitrogens with one attached hydrogen (secondary N) is 1. The van der Waals surface area contributed by atoms with Gasteiger partial charge in [-0.3, -0.25) is 9.59 Å². The van der Waals surface area contributed by atoms with E-state index in [4.69, 9.17) is 15.2 Å². The molecule has 2 aromatic heterocycles. The van der Waals surface area contributed by atoms with Crippen LogP contribution in [-0.2, 0) is 4.79 Å². The number of hydrogen-bond donors (Lipinski definition) is 2. The number of methoxy groups -OCH3 is 1. The Hall–Kier alpha value is -4.53. The van der Waals surface area contributed by atoms with E-state index in [0.29, 0.717) is 36.0 Å². The first-order chi connectivity index (χ1) is 17.5. The van der Waals surface area contributed by atoms with Gasteiger partial charge in [-0.1, -0.05) is 6.58 Å². The van der Waals surface area contributed by atoms with E-state index in [1.54, 1.807) is 22.7 Å². The third-order valence-electron chi connectivity index (χ3n) is 6.58. The molecular weight excluding hydrogens is 458 g/mol. The van der Waals surface area contributed by atoms with Crippen molar-refractivity contribution < 1.29 is 19.1 Å². The number of carbonyl (C=O) groups excluding carboxylic acids is 2. The van der Waals surface area contributed by atoms with Gasteiger partial charge >= 0.3 is 0 Å². The number of amides is 2. The molecule has 4 aromatic rings. The highest BCUT2D eigenvalue weighted by Crippen LogP contribution is 2.34. The van der Waals surface area contributed by atoms with Crippen molar-refractivity contribution in [3.05, 3.63) is 78.6 Å². The number of ether oxygens (including phenoxy) is 2. The molecule has 36 heavy (non-hydrogen) atoms. The molecule has 1 fully saturated rings. The first-order valence-electron chi connectivity index (χ1n) is 11.7. The third kappa shape index (κ3) is 4.31. The second-order valence-corrected chi connectivity index (χ2v) is 8.68. The van der Waals surface area contributed by atoms with E-state index in [2.05, 4.69) is 16.7 Å². The van der Waals surface area contributed by atoms with Crippen molar-refractivity contribution in [1.29, 1.82) is 0 Å². The molecule has 5 rings (SSSR count). The maximum Gasteiger partial charge on any atom is 0.269 e. The molecule has 3 N–H and O–H groups in total. The average Bonchev–Trinajstić information content (AvgIpc) is 3.49. The Morgan fingerprint density at radius 2 is 1.67 bits per heavy atom. The predicted octanol–water partition coefficient (Wildman–Crippen LogP) is 4.12. The monoisotopic (exact) mass is 485 g/mol. The van der Waals surface area contributed by atoms with Crippen molar-refractivity contribution in [2.75, 3.05) is 20.2 Å².